The molecule has 0 heterocycles. The van der Waals surface area contributed by atoms with E-state index < -0.39 is 23.2 Å². The van der Waals surface area contributed by atoms with Gasteiger partial charge in [0.25, 0.3) is 0 Å². The molecule has 1 rings (SSSR count). The molecule has 0 aliphatic carbocycles. The summed E-state index contributed by atoms with van der Waals surface area (Å²) in [5.74, 6) is -3.10. The predicted molar refractivity (Wildman–Crippen MR) is 53.6 cm³/mol. The SMILES string of the molecule is CCOC(=O)c1cc(OC)c(C)c(F)c1F. The summed E-state index contributed by atoms with van der Waals surface area (Å²) in [6.45, 7) is 3.04. The Morgan fingerprint density at radius 1 is 1.38 bits per heavy atom. The molecule has 16 heavy (non-hydrogen) atoms. The highest BCUT2D eigenvalue weighted by molar-refractivity contribution is 5.90. The molecule has 0 radical (unpaired) electrons. The molecular weight excluding hydrogens is 218 g/mol. The third-order valence-electron chi connectivity index (χ3n) is 2.12. The van der Waals surface area contributed by atoms with Crippen LogP contribution < -0.4 is 4.74 Å². The highest BCUT2D eigenvalue weighted by atomic mass is 19.2. The maximum atomic E-state index is 13.4. The molecule has 0 N–H and O–H groups in total. The summed E-state index contributed by atoms with van der Waals surface area (Å²) in [6.07, 6.45) is 0. The average molecular weight is 230 g/mol. The van der Waals surface area contributed by atoms with Crippen molar-refractivity contribution in [1.82, 2.24) is 0 Å². The molecule has 0 amide bonds. The molecule has 3 nitrogen and oxygen atoms in total. The van der Waals surface area contributed by atoms with Crippen molar-refractivity contribution in [3.05, 3.63) is 28.8 Å². The van der Waals surface area contributed by atoms with Crippen molar-refractivity contribution in [1.29, 1.82) is 0 Å². The van der Waals surface area contributed by atoms with E-state index in [-0.39, 0.29) is 17.9 Å². The fourth-order valence-corrected chi connectivity index (χ4v) is 1.26. The number of benzene rings is 1. The third-order valence-corrected chi connectivity index (χ3v) is 2.12. The molecule has 0 unspecified atom stereocenters. The van der Waals surface area contributed by atoms with E-state index in [0.717, 1.165) is 6.07 Å². The Morgan fingerprint density at radius 3 is 2.50 bits per heavy atom. The van der Waals surface area contributed by atoms with Crippen LogP contribution in [0.1, 0.15) is 22.8 Å². The van der Waals surface area contributed by atoms with Gasteiger partial charge in [-0.25, -0.2) is 13.6 Å². The minimum atomic E-state index is -1.21. The number of hydrogen-bond acceptors (Lipinski definition) is 3. The van der Waals surface area contributed by atoms with Crippen molar-refractivity contribution in [2.75, 3.05) is 13.7 Å². The van der Waals surface area contributed by atoms with Crippen molar-refractivity contribution in [3.8, 4) is 5.75 Å². The lowest BCUT2D eigenvalue weighted by Crippen LogP contribution is -2.10. The maximum Gasteiger partial charge on any atom is 0.341 e. The van der Waals surface area contributed by atoms with Gasteiger partial charge in [0.05, 0.1) is 13.7 Å². The summed E-state index contributed by atoms with van der Waals surface area (Å²) < 4.78 is 36.2. The first-order valence-corrected chi connectivity index (χ1v) is 4.72. The third kappa shape index (κ3) is 2.13. The molecular formula is C11H12F2O3. The quantitative estimate of drug-likeness (QED) is 0.748. The smallest absolute Gasteiger partial charge is 0.341 e. The van der Waals surface area contributed by atoms with Crippen LogP contribution in [0.5, 0.6) is 5.75 Å². The molecule has 5 heteroatoms. The van der Waals surface area contributed by atoms with Gasteiger partial charge >= 0.3 is 5.97 Å². The number of esters is 1. The Kier molecular flexibility index (Phi) is 3.82. The number of carbonyl (C=O) groups is 1. The Balaban J connectivity index is 3.29. The van der Waals surface area contributed by atoms with Crippen LogP contribution in [-0.2, 0) is 4.74 Å². The number of hydrogen-bond donors (Lipinski definition) is 0. The molecule has 0 fully saturated rings. The van der Waals surface area contributed by atoms with Gasteiger partial charge in [-0.2, -0.15) is 0 Å². The van der Waals surface area contributed by atoms with Crippen molar-refractivity contribution in [2.45, 2.75) is 13.8 Å². The predicted octanol–water partition coefficient (Wildman–Crippen LogP) is 2.46. The molecule has 0 spiro atoms. The standard InChI is InChI=1S/C11H12F2O3/c1-4-16-11(14)7-5-8(15-3)6(2)9(12)10(7)13/h5H,4H2,1-3H3. The number of rotatable bonds is 3. The number of halogens is 2. The Morgan fingerprint density at radius 2 is 2.00 bits per heavy atom. The van der Waals surface area contributed by atoms with E-state index in [1.807, 2.05) is 0 Å². The second-order valence-corrected chi connectivity index (χ2v) is 3.10. The van der Waals surface area contributed by atoms with Crippen molar-refractivity contribution < 1.29 is 23.0 Å². The topological polar surface area (TPSA) is 35.5 Å². The average Bonchev–Trinajstić information content (AvgIpc) is 2.27. The van der Waals surface area contributed by atoms with Crippen LogP contribution in [0, 0.1) is 18.6 Å². The zero-order chi connectivity index (χ0) is 12.3. The van der Waals surface area contributed by atoms with Gasteiger partial charge in [-0.15, -0.1) is 0 Å². The summed E-state index contributed by atoms with van der Waals surface area (Å²) >= 11 is 0. The summed E-state index contributed by atoms with van der Waals surface area (Å²) in [7, 11) is 1.31. The van der Waals surface area contributed by atoms with E-state index >= 15 is 0 Å². The molecule has 0 atom stereocenters. The zero-order valence-corrected chi connectivity index (χ0v) is 9.27. The Hall–Kier alpha value is -1.65. The van der Waals surface area contributed by atoms with Gasteiger partial charge in [0, 0.05) is 5.56 Å². The maximum absolute atomic E-state index is 13.4. The van der Waals surface area contributed by atoms with E-state index in [2.05, 4.69) is 4.74 Å². The van der Waals surface area contributed by atoms with Gasteiger partial charge in [0.2, 0.25) is 0 Å². The lowest BCUT2D eigenvalue weighted by Gasteiger charge is -2.10. The van der Waals surface area contributed by atoms with Crippen LogP contribution in [0.25, 0.3) is 0 Å². The molecule has 1 aromatic carbocycles. The number of carbonyl (C=O) groups excluding carboxylic acids is 1. The van der Waals surface area contributed by atoms with E-state index in [1.165, 1.54) is 14.0 Å². The minimum absolute atomic E-state index is 0.0213. The van der Waals surface area contributed by atoms with Crippen molar-refractivity contribution >= 4 is 5.97 Å². The molecule has 88 valence electrons. The van der Waals surface area contributed by atoms with Gasteiger partial charge in [-0.05, 0) is 19.9 Å². The van der Waals surface area contributed by atoms with Crippen molar-refractivity contribution in [2.24, 2.45) is 0 Å². The monoisotopic (exact) mass is 230 g/mol. The van der Waals surface area contributed by atoms with E-state index in [1.54, 1.807) is 6.92 Å². The van der Waals surface area contributed by atoms with E-state index in [0.29, 0.717) is 0 Å². The summed E-state index contributed by atoms with van der Waals surface area (Å²) in [5.41, 5.74) is -0.435. The highest BCUT2D eigenvalue weighted by Crippen LogP contribution is 2.26. The minimum Gasteiger partial charge on any atom is -0.496 e. The van der Waals surface area contributed by atoms with Crippen LogP contribution in [0.2, 0.25) is 0 Å². The van der Waals surface area contributed by atoms with Crippen LogP contribution in [0.15, 0.2) is 6.07 Å². The Labute approximate surface area is 92.0 Å². The highest BCUT2D eigenvalue weighted by Gasteiger charge is 2.21. The van der Waals surface area contributed by atoms with Gasteiger partial charge in [0.1, 0.15) is 11.3 Å². The molecule has 0 saturated carbocycles. The molecule has 0 aliphatic heterocycles. The fraction of sp³-hybridized carbons (Fsp3) is 0.364. The first-order chi connectivity index (χ1) is 7.52. The van der Waals surface area contributed by atoms with Crippen LogP contribution in [0.3, 0.4) is 0 Å². The molecule has 0 saturated heterocycles. The fourth-order valence-electron chi connectivity index (χ4n) is 1.26. The molecule has 1 aromatic rings. The first kappa shape index (κ1) is 12.4. The summed E-state index contributed by atoms with van der Waals surface area (Å²) in [4.78, 5) is 11.3. The van der Waals surface area contributed by atoms with Gasteiger partial charge < -0.3 is 9.47 Å². The number of ether oxygens (including phenoxy) is 2. The van der Waals surface area contributed by atoms with Crippen LogP contribution >= 0.6 is 0 Å². The lowest BCUT2D eigenvalue weighted by atomic mass is 10.1. The van der Waals surface area contributed by atoms with E-state index in [9.17, 15) is 13.6 Å². The Bertz CT molecular complexity index is 416. The number of methoxy groups -OCH3 is 1. The molecule has 0 aliphatic rings. The van der Waals surface area contributed by atoms with Gasteiger partial charge in [0.15, 0.2) is 11.6 Å². The second kappa shape index (κ2) is 4.92. The van der Waals surface area contributed by atoms with Crippen molar-refractivity contribution in [3.63, 3.8) is 0 Å². The van der Waals surface area contributed by atoms with Crippen LogP contribution in [-0.4, -0.2) is 19.7 Å². The van der Waals surface area contributed by atoms with Gasteiger partial charge in [-0.3, -0.25) is 0 Å². The summed E-state index contributed by atoms with van der Waals surface area (Å²) in [6, 6.07) is 1.13. The normalized spacial score (nSPS) is 10.1. The summed E-state index contributed by atoms with van der Waals surface area (Å²) in [5, 5.41) is 0. The lowest BCUT2D eigenvalue weighted by molar-refractivity contribution is 0.0519. The largest absolute Gasteiger partial charge is 0.496 e. The zero-order valence-electron chi connectivity index (χ0n) is 9.27. The van der Waals surface area contributed by atoms with E-state index in [4.69, 9.17) is 4.74 Å². The molecule has 0 bridgehead atoms. The first-order valence-electron chi connectivity index (χ1n) is 4.72. The van der Waals surface area contributed by atoms with Crippen LogP contribution in [0.4, 0.5) is 8.78 Å². The molecule has 0 aromatic heterocycles. The second-order valence-electron chi connectivity index (χ2n) is 3.10. The van der Waals surface area contributed by atoms with Gasteiger partial charge in [-0.1, -0.05) is 0 Å².